The van der Waals surface area contributed by atoms with Crippen molar-refractivity contribution in [2.45, 2.75) is 12.8 Å². The molecule has 2 aromatic rings. The first-order valence-corrected chi connectivity index (χ1v) is 10.1. The van der Waals surface area contributed by atoms with Crippen LogP contribution in [0.25, 0.3) is 0 Å². The molecule has 1 amide bonds. The first-order valence-electron chi connectivity index (χ1n) is 7.83. The van der Waals surface area contributed by atoms with Crippen molar-refractivity contribution in [2.24, 2.45) is 5.92 Å². The molecule has 8 heteroatoms. The monoisotopic (exact) mass is 455 g/mol. The molecule has 136 valence electrons. The second kappa shape index (κ2) is 7.90. The van der Waals surface area contributed by atoms with Crippen molar-refractivity contribution in [3.63, 3.8) is 0 Å². The Bertz CT molecular complexity index is 878. The highest BCUT2D eigenvalue weighted by Crippen LogP contribution is 2.42. The van der Waals surface area contributed by atoms with Gasteiger partial charge < -0.3 is 10.1 Å². The lowest BCUT2D eigenvalue weighted by Gasteiger charge is -2.10. The lowest BCUT2D eigenvalue weighted by Crippen LogP contribution is -2.18. The van der Waals surface area contributed by atoms with Crippen LogP contribution in [0.5, 0.6) is 0 Å². The van der Waals surface area contributed by atoms with Crippen molar-refractivity contribution in [2.75, 3.05) is 17.8 Å². The predicted octanol–water partition coefficient (Wildman–Crippen LogP) is 3.85. The first-order chi connectivity index (χ1) is 12.4. The van der Waals surface area contributed by atoms with Crippen molar-refractivity contribution in [1.29, 1.82) is 0 Å². The van der Waals surface area contributed by atoms with Crippen LogP contribution in [0.1, 0.15) is 26.4 Å². The Balaban J connectivity index is 2.01. The summed E-state index contributed by atoms with van der Waals surface area (Å²) in [5, 5.41) is 3.97. The molecule has 1 aliphatic carbocycles. The maximum atomic E-state index is 13.1. The Morgan fingerprint density at radius 2 is 1.96 bits per heavy atom. The molecule has 0 aliphatic heterocycles. The summed E-state index contributed by atoms with van der Waals surface area (Å²) in [7, 11) is 1.36. The number of halogens is 2. The van der Waals surface area contributed by atoms with Gasteiger partial charge in [0.1, 0.15) is 5.00 Å². The minimum atomic E-state index is -0.293. The van der Waals surface area contributed by atoms with Crippen LogP contribution in [0, 0.1) is 5.92 Å². The number of amides is 1. The van der Waals surface area contributed by atoms with Crippen LogP contribution in [-0.2, 0) is 27.2 Å². The summed E-state index contributed by atoms with van der Waals surface area (Å²) in [6, 6.07) is 6.60. The minimum Gasteiger partial charge on any atom is -0.469 e. The number of rotatable bonds is 5. The number of anilines is 1. The van der Waals surface area contributed by atoms with Crippen molar-refractivity contribution in [1.82, 2.24) is 0 Å². The van der Waals surface area contributed by atoms with Crippen molar-refractivity contribution in [3.8, 4) is 0 Å². The van der Waals surface area contributed by atoms with E-state index in [1.54, 1.807) is 24.3 Å². The zero-order chi connectivity index (χ0) is 18.8. The number of thiophene rings is 1. The van der Waals surface area contributed by atoms with E-state index >= 15 is 0 Å². The van der Waals surface area contributed by atoms with Gasteiger partial charge in [0.25, 0.3) is 0 Å². The largest absolute Gasteiger partial charge is 0.469 e. The molecule has 1 N–H and O–H groups in total. The maximum Gasteiger partial charge on any atom is 0.309 e. The molecule has 0 spiro atoms. The van der Waals surface area contributed by atoms with E-state index in [2.05, 4.69) is 21.2 Å². The molecule has 1 atom stereocenters. The number of esters is 1. The molecule has 1 aromatic carbocycles. The Morgan fingerprint density at radius 1 is 1.27 bits per heavy atom. The second-order valence-corrected chi connectivity index (χ2v) is 7.96. The van der Waals surface area contributed by atoms with Crippen molar-refractivity contribution < 1.29 is 19.1 Å². The van der Waals surface area contributed by atoms with Gasteiger partial charge in [0.15, 0.2) is 5.78 Å². The molecule has 0 saturated carbocycles. The smallest absolute Gasteiger partial charge is 0.309 e. The Morgan fingerprint density at radius 3 is 2.58 bits per heavy atom. The van der Waals surface area contributed by atoms with Gasteiger partial charge in [-0.2, -0.15) is 0 Å². The molecule has 0 saturated heterocycles. The molecule has 0 bridgehead atoms. The Hall–Kier alpha value is -1.70. The van der Waals surface area contributed by atoms with Gasteiger partial charge >= 0.3 is 5.97 Å². The highest BCUT2D eigenvalue weighted by molar-refractivity contribution is 9.09. The van der Waals surface area contributed by atoms with Crippen molar-refractivity contribution in [3.05, 3.63) is 50.9 Å². The quantitative estimate of drug-likeness (QED) is 0.421. The third-order valence-corrected chi connectivity index (χ3v) is 6.15. The molecule has 5 nitrogen and oxygen atoms in total. The van der Waals surface area contributed by atoms with Gasteiger partial charge in [0.05, 0.1) is 23.9 Å². The molecule has 1 aromatic heterocycles. The number of hydrogen-bond donors (Lipinski definition) is 1. The predicted molar refractivity (Wildman–Crippen MR) is 105 cm³/mol. The van der Waals surface area contributed by atoms with Crippen LogP contribution in [0.4, 0.5) is 5.00 Å². The number of ketones is 1. The molecule has 0 fully saturated rings. The zero-order valence-electron chi connectivity index (χ0n) is 13.8. The molecule has 0 radical (unpaired) electrons. The summed E-state index contributed by atoms with van der Waals surface area (Å²) >= 11 is 10.4. The van der Waals surface area contributed by atoms with E-state index in [0.29, 0.717) is 34.0 Å². The average molecular weight is 457 g/mol. The van der Waals surface area contributed by atoms with E-state index in [1.807, 2.05) is 0 Å². The summed E-state index contributed by atoms with van der Waals surface area (Å²) in [5.74, 6) is -1.02. The molecule has 1 unspecified atom stereocenters. The maximum absolute atomic E-state index is 13.1. The van der Waals surface area contributed by atoms with Crippen LogP contribution >= 0.6 is 38.9 Å². The number of carbonyl (C=O) groups excluding carboxylic acids is 3. The fourth-order valence-corrected chi connectivity index (χ4v) is 4.59. The average Bonchev–Trinajstić information content (AvgIpc) is 3.18. The lowest BCUT2D eigenvalue weighted by atomic mass is 9.98. The van der Waals surface area contributed by atoms with Gasteiger partial charge in [-0.05, 0) is 42.7 Å². The first kappa shape index (κ1) is 19.1. The third kappa shape index (κ3) is 3.70. The van der Waals surface area contributed by atoms with E-state index in [-0.39, 0.29) is 28.9 Å². The topological polar surface area (TPSA) is 72.5 Å². The number of nitrogens with one attached hydrogen (secondary N) is 1. The normalized spacial score (nSPS) is 15.4. The number of hydrogen-bond acceptors (Lipinski definition) is 5. The second-order valence-electron chi connectivity index (χ2n) is 5.85. The minimum absolute atomic E-state index is 0.134. The summed E-state index contributed by atoms with van der Waals surface area (Å²) < 4.78 is 4.84. The summed E-state index contributed by atoms with van der Waals surface area (Å²) in [6.45, 7) is 0. The molecule has 1 aliphatic rings. The summed E-state index contributed by atoms with van der Waals surface area (Å²) in [5.41, 5.74) is 1.74. The van der Waals surface area contributed by atoms with Crippen molar-refractivity contribution >= 4 is 61.5 Å². The number of ether oxygens (including phenoxy) is 1. The molecular weight excluding hydrogens is 442 g/mol. The van der Waals surface area contributed by atoms with Crippen LogP contribution in [0.2, 0.25) is 5.02 Å². The van der Waals surface area contributed by atoms with Gasteiger partial charge in [0.2, 0.25) is 5.91 Å². The molecule has 1 heterocycles. The van der Waals surface area contributed by atoms with E-state index in [0.717, 1.165) is 10.4 Å². The van der Waals surface area contributed by atoms with Crippen LogP contribution < -0.4 is 5.32 Å². The number of alkyl halides is 1. The standard InChI is InChI=1S/C18H15BrClNO4S/c1-25-18(24)10-6-12-13(7-10)26-17(21-14(22)8-19)15(12)16(23)9-2-4-11(20)5-3-9/h2-5,10H,6-8H2,1H3,(H,21,22). The summed E-state index contributed by atoms with van der Waals surface area (Å²) in [6.07, 6.45) is 0.940. The van der Waals surface area contributed by atoms with Crippen LogP contribution in [0.3, 0.4) is 0 Å². The molecule has 26 heavy (non-hydrogen) atoms. The lowest BCUT2D eigenvalue weighted by molar-refractivity contribution is -0.145. The van der Waals surface area contributed by atoms with Gasteiger partial charge in [-0.3, -0.25) is 14.4 Å². The van der Waals surface area contributed by atoms with Crippen LogP contribution in [0.15, 0.2) is 24.3 Å². The van der Waals surface area contributed by atoms with Gasteiger partial charge in [-0.1, -0.05) is 27.5 Å². The van der Waals surface area contributed by atoms with Crippen LogP contribution in [-0.4, -0.2) is 30.1 Å². The van der Waals surface area contributed by atoms with E-state index < -0.39 is 0 Å². The number of carbonyl (C=O) groups is 3. The molecular formula is C18H15BrClNO4S. The highest BCUT2D eigenvalue weighted by atomic mass is 79.9. The fourth-order valence-electron chi connectivity index (χ4n) is 3.00. The van der Waals surface area contributed by atoms with E-state index in [4.69, 9.17) is 16.3 Å². The third-order valence-electron chi connectivity index (χ3n) is 4.22. The number of methoxy groups -OCH3 is 1. The fraction of sp³-hybridized carbons (Fsp3) is 0.278. The SMILES string of the molecule is COC(=O)C1Cc2sc(NC(=O)CBr)c(C(=O)c3ccc(Cl)cc3)c2C1. The van der Waals surface area contributed by atoms with E-state index in [9.17, 15) is 14.4 Å². The van der Waals surface area contributed by atoms with Gasteiger partial charge in [-0.25, -0.2) is 0 Å². The Kier molecular flexibility index (Phi) is 5.79. The zero-order valence-corrected chi connectivity index (χ0v) is 17.0. The Labute approximate surface area is 167 Å². The molecule has 3 rings (SSSR count). The number of fused-ring (bicyclic) bond motifs is 1. The van der Waals surface area contributed by atoms with Gasteiger partial charge in [-0.15, -0.1) is 11.3 Å². The van der Waals surface area contributed by atoms with Gasteiger partial charge in [0, 0.05) is 15.5 Å². The number of benzene rings is 1. The summed E-state index contributed by atoms with van der Waals surface area (Å²) in [4.78, 5) is 37.7. The highest BCUT2D eigenvalue weighted by Gasteiger charge is 2.35. The van der Waals surface area contributed by atoms with E-state index in [1.165, 1.54) is 18.4 Å².